The Hall–Kier alpha value is -2.55. The van der Waals surface area contributed by atoms with Gasteiger partial charge in [0.1, 0.15) is 5.00 Å². The number of tetrazole rings is 1. The number of hydrogen-bond acceptors (Lipinski definition) is 6. The Bertz CT molecular complexity index is 664. The van der Waals surface area contributed by atoms with Gasteiger partial charge in [0, 0.05) is 18.7 Å². The van der Waals surface area contributed by atoms with E-state index in [0.29, 0.717) is 25.1 Å². The van der Waals surface area contributed by atoms with Gasteiger partial charge in [-0.3, -0.25) is 9.59 Å². The van der Waals surface area contributed by atoms with Crippen molar-refractivity contribution in [3.05, 3.63) is 35.5 Å². The Morgan fingerprint density at radius 2 is 2.14 bits per heavy atom. The summed E-state index contributed by atoms with van der Waals surface area (Å²) in [4.78, 5) is 24.4. The van der Waals surface area contributed by atoms with Crippen LogP contribution >= 0.6 is 11.3 Å². The van der Waals surface area contributed by atoms with E-state index in [1.807, 2.05) is 17.5 Å². The van der Waals surface area contributed by atoms with Crippen molar-refractivity contribution >= 4 is 23.2 Å². The Labute approximate surface area is 131 Å². The fraction of sp³-hybridized carbons (Fsp3) is 0.308. The molecule has 0 aliphatic carbocycles. The number of nitrogens with one attached hydrogen (secondary N) is 2. The lowest BCUT2D eigenvalue weighted by Crippen LogP contribution is -2.30. The molecule has 0 aliphatic heterocycles. The molecule has 2 amide bonds. The Balaban J connectivity index is 1.74. The van der Waals surface area contributed by atoms with Gasteiger partial charge in [0.25, 0.3) is 11.7 Å². The molecule has 0 spiro atoms. The quantitative estimate of drug-likeness (QED) is 0.572. The molecule has 0 saturated carbocycles. The highest BCUT2D eigenvalue weighted by Gasteiger charge is 2.13. The van der Waals surface area contributed by atoms with E-state index in [-0.39, 0.29) is 11.7 Å². The van der Waals surface area contributed by atoms with Gasteiger partial charge in [0.2, 0.25) is 5.91 Å². The van der Waals surface area contributed by atoms with Crippen LogP contribution < -0.4 is 10.6 Å². The molecule has 116 valence electrons. The third-order valence-electron chi connectivity index (χ3n) is 2.63. The summed E-state index contributed by atoms with van der Waals surface area (Å²) in [7, 11) is 0. The van der Waals surface area contributed by atoms with Gasteiger partial charge in [-0.05, 0) is 36.1 Å². The highest BCUT2D eigenvalue weighted by Crippen LogP contribution is 2.11. The van der Waals surface area contributed by atoms with Crippen molar-refractivity contribution in [1.29, 1.82) is 0 Å². The molecule has 0 atom stereocenters. The molecule has 9 heteroatoms. The van der Waals surface area contributed by atoms with Crippen molar-refractivity contribution < 1.29 is 9.59 Å². The van der Waals surface area contributed by atoms with Crippen LogP contribution in [0, 0.1) is 0 Å². The Morgan fingerprint density at radius 1 is 1.36 bits per heavy atom. The number of hydrogen-bond donors (Lipinski definition) is 2. The SMILES string of the molecule is C=C(C)C(=O)NCCCNC(=O)c1nnn(-c2cccs2)n1. The van der Waals surface area contributed by atoms with Crippen LogP contribution in [0.3, 0.4) is 0 Å². The van der Waals surface area contributed by atoms with Crippen molar-refractivity contribution in [1.82, 2.24) is 30.8 Å². The highest BCUT2D eigenvalue weighted by molar-refractivity contribution is 7.12. The Kier molecular flexibility index (Phi) is 5.37. The summed E-state index contributed by atoms with van der Waals surface area (Å²) >= 11 is 1.45. The molecule has 2 aromatic heterocycles. The summed E-state index contributed by atoms with van der Waals surface area (Å²) in [5.41, 5.74) is 0.457. The number of aromatic nitrogens is 4. The lowest BCUT2D eigenvalue weighted by molar-refractivity contribution is -0.117. The Morgan fingerprint density at radius 3 is 2.82 bits per heavy atom. The fourth-order valence-corrected chi connectivity index (χ4v) is 2.13. The minimum absolute atomic E-state index is 0.0133. The average Bonchev–Trinajstić information content (AvgIpc) is 3.16. The molecule has 22 heavy (non-hydrogen) atoms. The smallest absolute Gasteiger partial charge is 0.292 e. The summed E-state index contributed by atoms with van der Waals surface area (Å²) in [6, 6.07) is 3.70. The second-order valence-corrected chi connectivity index (χ2v) is 5.43. The maximum Gasteiger partial charge on any atom is 0.292 e. The molecule has 0 fully saturated rings. The first kappa shape index (κ1) is 15.8. The van der Waals surface area contributed by atoms with E-state index in [1.165, 1.54) is 16.1 Å². The minimum atomic E-state index is -0.394. The number of nitrogens with zero attached hydrogens (tertiary/aromatic N) is 4. The van der Waals surface area contributed by atoms with E-state index < -0.39 is 5.91 Å². The predicted octanol–water partition coefficient (Wildman–Crippen LogP) is 0.536. The van der Waals surface area contributed by atoms with Crippen LogP contribution in [0.15, 0.2) is 29.7 Å². The molecular formula is C13H16N6O2S. The summed E-state index contributed by atoms with van der Waals surface area (Å²) < 4.78 is 0. The van der Waals surface area contributed by atoms with E-state index in [4.69, 9.17) is 0 Å². The lowest BCUT2D eigenvalue weighted by atomic mass is 10.3. The number of amides is 2. The molecule has 8 nitrogen and oxygen atoms in total. The second kappa shape index (κ2) is 7.46. The molecule has 2 rings (SSSR count). The van der Waals surface area contributed by atoms with Crippen LogP contribution in [0.1, 0.15) is 24.0 Å². The van der Waals surface area contributed by atoms with Gasteiger partial charge in [-0.15, -0.1) is 26.3 Å². The average molecular weight is 320 g/mol. The van der Waals surface area contributed by atoms with Crippen molar-refractivity contribution in [3.63, 3.8) is 0 Å². The first-order chi connectivity index (χ1) is 10.6. The van der Waals surface area contributed by atoms with E-state index in [0.717, 1.165) is 5.00 Å². The number of rotatable bonds is 7. The van der Waals surface area contributed by atoms with Gasteiger partial charge in [0.15, 0.2) is 0 Å². The van der Waals surface area contributed by atoms with E-state index >= 15 is 0 Å². The number of thiophene rings is 1. The second-order valence-electron chi connectivity index (χ2n) is 4.50. The standard InChI is InChI=1S/C13H16N6O2S/c1-9(2)12(20)14-6-4-7-15-13(21)11-16-18-19(17-11)10-5-3-8-22-10/h3,5,8H,1,4,6-7H2,2H3,(H,14,20)(H,15,21). The van der Waals surface area contributed by atoms with E-state index in [2.05, 4.69) is 32.6 Å². The van der Waals surface area contributed by atoms with Crippen LogP contribution in [0.4, 0.5) is 0 Å². The molecule has 0 aliphatic rings. The maximum atomic E-state index is 11.8. The first-order valence-electron chi connectivity index (χ1n) is 6.63. The van der Waals surface area contributed by atoms with Gasteiger partial charge in [-0.25, -0.2) is 0 Å². The van der Waals surface area contributed by atoms with Crippen molar-refractivity contribution in [2.45, 2.75) is 13.3 Å². The van der Waals surface area contributed by atoms with Gasteiger partial charge in [-0.2, -0.15) is 0 Å². The van der Waals surface area contributed by atoms with Crippen LogP contribution in [0.25, 0.3) is 5.00 Å². The van der Waals surface area contributed by atoms with Gasteiger partial charge in [-0.1, -0.05) is 6.58 Å². The minimum Gasteiger partial charge on any atom is -0.352 e. The topological polar surface area (TPSA) is 102 Å². The monoisotopic (exact) mass is 320 g/mol. The third-order valence-corrected chi connectivity index (χ3v) is 3.47. The summed E-state index contributed by atoms with van der Waals surface area (Å²) in [5.74, 6) is -0.569. The van der Waals surface area contributed by atoms with Crippen molar-refractivity contribution in [3.8, 4) is 5.00 Å². The molecular weight excluding hydrogens is 304 g/mol. The molecule has 0 aromatic carbocycles. The molecule has 2 N–H and O–H groups in total. The molecule has 0 saturated heterocycles. The van der Waals surface area contributed by atoms with Gasteiger partial charge >= 0.3 is 0 Å². The van der Waals surface area contributed by atoms with E-state index in [1.54, 1.807) is 6.92 Å². The van der Waals surface area contributed by atoms with Crippen molar-refractivity contribution in [2.75, 3.05) is 13.1 Å². The fourth-order valence-electron chi connectivity index (χ4n) is 1.50. The lowest BCUT2D eigenvalue weighted by Gasteiger charge is -2.04. The zero-order valence-electron chi connectivity index (χ0n) is 12.1. The summed E-state index contributed by atoms with van der Waals surface area (Å²) in [5, 5.41) is 19.6. The normalized spacial score (nSPS) is 10.2. The number of carbonyl (C=O) groups excluding carboxylic acids is 2. The molecule has 2 aromatic rings. The van der Waals surface area contributed by atoms with Crippen molar-refractivity contribution in [2.24, 2.45) is 0 Å². The largest absolute Gasteiger partial charge is 0.352 e. The summed E-state index contributed by atoms with van der Waals surface area (Å²) in [6.07, 6.45) is 0.601. The van der Waals surface area contributed by atoms with Gasteiger partial charge < -0.3 is 10.6 Å². The van der Waals surface area contributed by atoms with Crippen LogP contribution in [-0.4, -0.2) is 45.1 Å². The molecule has 0 bridgehead atoms. The number of carbonyl (C=O) groups is 2. The van der Waals surface area contributed by atoms with Crippen LogP contribution in [-0.2, 0) is 4.79 Å². The predicted molar refractivity (Wildman–Crippen MR) is 81.8 cm³/mol. The first-order valence-corrected chi connectivity index (χ1v) is 7.51. The van der Waals surface area contributed by atoms with E-state index in [9.17, 15) is 9.59 Å². The third kappa shape index (κ3) is 4.22. The maximum absolute atomic E-state index is 11.8. The molecule has 0 radical (unpaired) electrons. The molecule has 0 unspecified atom stereocenters. The highest BCUT2D eigenvalue weighted by atomic mass is 32.1. The van der Waals surface area contributed by atoms with Crippen LogP contribution in [0.2, 0.25) is 0 Å². The zero-order valence-corrected chi connectivity index (χ0v) is 12.9. The zero-order chi connectivity index (χ0) is 15.9. The summed E-state index contributed by atoms with van der Waals surface area (Å²) in [6.45, 7) is 6.04. The van der Waals surface area contributed by atoms with Gasteiger partial charge in [0.05, 0.1) is 0 Å². The molecule has 2 heterocycles. The van der Waals surface area contributed by atoms with Crippen LogP contribution in [0.5, 0.6) is 0 Å².